The number of carbonyl (C=O) groups excluding carboxylic acids is 1. The Morgan fingerprint density at radius 3 is 2.17 bits per heavy atom. The fourth-order valence-electron chi connectivity index (χ4n) is 3.82. The Kier molecular flexibility index (Phi) is 6.49. The van der Waals surface area contributed by atoms with Gasteiger partial charge in [0.05, 0.1) is 22.9 Å². The first-order chi connectivity index (χ1) is 16.9. The molecule has 188 valence electrons. The Bertz CT molecular complexity index is 1600. The van der Waals surface area contributed by atoms with Crippen molar-refractivity contribution in [3.8, 4) is 11.5 Å². The summed E-state index contributed by atoms with van der Waals surface area (Å²) in [5.74, 6) is -0.609. The number of methoxy groups -OCH3 is 1. The lowest BCUT2D eigenvalue weighted by Crippen LogP contribution is -2.31. The van der Waals surface area contributed by atoms with Gasteiger partial charge in [-0.05, 0) is 48.5 Å². The lowest BCUT2D eigenvalue weighted by atomic mass is 10.0. The van der Waals surface area contributed by atoms with Crippen LogP contribution in [0.4, 0.5) is 11.4 Å². The van der Waals surface area contributed by atoms with Crippen LogP contribution in [0.15, 0.2) is 88.3 Å². The number of sulfonamides is 2. The van der Waals surface area contributed by atoms with Gasteiger partial charge in [0, 0.05) is 16.9 Å². The topological polar surface area (TPSA) is 182 Å². The van der Waals surface area contributed by atoms with Crippen LogP contribution in [0, 0.1) is 0 Å². The maximum atomic E-state index is 13.6. The number of amides is 1. The van der Waals surface area contributed by atoms with Crippen molar-refractivity contribution in [3.63, 3.8) is 0 Å². The number of hydrogen-bond acceptors (Lipinski definition) is 8. The first kappa shape index (κ1) is 25.2. The Labute approximate surface area is 207 Å². The van der Waals surface area contributed by atoms with Crippen LogP contribution in [0.3, 0.4) is 0 Å². The predicted molar refractivity (Wildman–Crippen MR) is 132 cm³/mol. The molecule has 0 bridgehead atoms. The highest BCUT2D eigenvalue weighted by Gasteiger charge is 2.37. The first-order valence-electron chi connectivity index (χ1n) is 10.3. The summed E-state index contributed by atoms with van der Waals surface area (Å²) in [5, 5.41) is 24.1. The lowest BCUT2D eigenvalue weighted by molar-refractivity contribution is -0.114. The molecule has 13 heteroatoms. The fourth-order valence-corrected chi connectivity index (χ4v) is 4.93. The molecule has 0 aliphatic carbocycles. The third-order valence-corrected chi connectivity index (χ3v) is 7.31. The number of nitrogens with one attached hydrogen (secondary N) is 1. The molecular weight excluding hydrogens is 508 g/mol. The summed E-state index contributed by atoms with van der Waals surface area (Å²) in [6.45, 7) is 0. The van der Waals surface area contributed by atoms with Crippen molar-refractivity contribution in [2.24, 2.45) is 10.3 Å². The van der Waals surface area contributed by atoms with E-state index >= 15 is 0 Å². The van der Waals surface area contributed by atoms with Crippen molar-refractivity contribution in [2.75, 3.05) is 17.3 Å². The minimum atomic E-state index is -4.06. The van der Waals surface area contributed by atoms with Gasteiger partial charge >= 0.3 is 0 Å². The summed E-state index contributed by atoms with van der Waals surface area (Å²) in [6.07, 6.45) is 1.52. The number of para-hydroxylation sites is 1. The number of rotatable bonds is 7. The summed E-state index contributed by atoms with van der Waals surface area (Å²) in [7, 11) is -6.66. The van der Waals surface area contributed by atoms with Gasteiger partial charge in [-0.15, -0.1) is 0 Å². The molecule has 1 heterocycles. The van der Waals surface area contributed by atoms with E-state index in [0.717, 1.165) is 0 Å². The average Bonchev–Trinajstić information content (AvgIpc) is 3.14. The molecule has 11 nitrogen and oxygen atoms in total. The summed E-state index contributed by atoms with van der Waals surface area (Å²) < 4.78 is 52.5. The molecule has 0 radical (unpaired) electrons. The van der Waals surface area contributed by atoms with Crippen molar-refractivity contribution in [2.45, 2.75) is 15.8 Å². The van der Waals surface area contributed by atoms with Gasteiger partial charge in [0.25, 0.3) is 5.91 Å². The fraction of sp³-hybridized carbons (Fsp3) is 0.0870. The van der Waals surface area contributed by atoms with Crippen LogP contribution in [0.2, 0.25) is 0 Å². The van der Waals surface area contributed by atoms with E-state index < -0.39 is 32.0 Å². The number of anilines is 2. The van der Waals surface area contributed by atoms with Gasteiger partial charge in [-0.1, -0.05) is 24.3 Å². The number of hydrogen-bond donors (Lipinski definition) is 4. The molecule has 1 unspecified atom stereocenters. The van der Waals surface area contributed by atoms with Crippen LogP contribution in [0.1, 0.15) is 11.6 Å². The van der Waals surface area contributed by atoms with Gasteiger partial charge in [0.1, 0.15) is 5.70 Å². The molecule has 0 saturated heterocycles. The molecule has 0 fully saturated rings. The molecular formula is C23H22N4O7S2. The maximum Gasteiger partial charge on any atom is 0.275 e. The minimum absolute atomic E-state index is 0.0507. The molecule has 1 amide bonds. The van der Waals surface area contributed by atoms with E-state index in [1.165, 1.54) is 60.6 Å². The number of aromatic hydroxyl groups is 1. The summed E-state index contributed by atoms with van der Waals surface area (Å²) in [4.78, 5) is 14.5. The second-order valence-electron chi connectivity index (χ2n) is 7.84. The molecule has 1 atom stereocenters. The van der Waals surface area contributed by atoms with E-state index in [9.17, 15) is 26.7 Å². The SMILES string of the molecule is COc1cccc(C2C=C(Nc3cccc(S(N)(=O)=O)c3)C(=O)N2c2cccc(S(N)(=O)=O)c2)c1O. The minimum Gasteiger partial charge on any atom is -0.504 e. The number of carbonyl (C=O) groups is 1. The lowest BCUT2D eigenvalue weighted by Gasteiger charge is -2.26. The van der Waals surface area contributed by atoms with Crippen molar-refractivity contribution in [1.82, 2.24) is 0 Å². The third-order valence-electron chi connectivity index (χ3n) is 5.49. The smallest absolute Gasteiger partial charge is 0.275 e. The number of phenolic OH excluding ortho intramolecular Hbond substituents is 1. The largest absolute Gasteiger partial charge is 0.504 e. The molecule has 0 aromatic heterocycles. The Morgan fingerprint density at radius 1 is 0.917 bits per heavy atom. The number of benzene rings is 3. The molecule has 1 aliphatic rings. The van der Waals surface area contributed by atoms with Gasteiger partial charge in [0.15, 0.2) is 11.5 Å². The van der Waals surface area contributed by atoms with E-state index in [0.29, 0.717) is 5.56 Å². The van der Waals surface area contributed by atoms with Crippen molar-refractivity contribution >= 4 is 37.3 Å². The van der Waals surface area contributed by atoms with E-state index in [2.05, 4.69) is 5.32 Å². The number of nitrogens with two attached hydrogens (primary N) is 2. The zero-order valence-electron chi connectivity index (χ0n) is 18.8. The van der Waals surface area contributed by atoms with Gasteiger partial charge in [-0.25, -0.2) is 27.1 Å². The third kappa shape index (κ3) is 4.90. The summed E-state index contributed by atoms with van der Waals surface area (Å²) in [6, 6.07) is 15.0. The van der Waals surface area contributed by atoms with Gasteiger partial charge in [-0.2, -0.15) is 0 Å². The van der Waals surface area contributed by atoms with Gasteiger partial charge in [-0.3, -0.25) is 9.69 Å². The van der Waals surface area contributed by atoms with E-state index in [1.54, 1.807) is 24.3 Å². The van der Waals surface area contributed by atoms with Crippen molar-refractivity contribution < 1.29 is 31.5 Å². The van der Waals surface area contributed by atoms with E-state index in [4.69, 9.17) is 15.0 Å². The highest BCUT2D eigenvalue weighted by Crippen LogP contribution is 2.42. The summed E-state index contributed by atoms with van der Waals surface area (Å²) >= 11 is 0. The number of nitrogens with zero attached hydrogens (tertiary/aromatic N) is 1. The monoisotopic (exact) mass is 530 g/mol. The highest BCUT2D eigenvalue weighted by molar-refractivity contribution is 7.89. The van der Waals surface area contributed by atoms with Crippen molar-refractivity contribution in [3.05, 3.63) is 84.1 Å². The molecule has 4 rings (SSSR count). The van der Waals surface area contributed by atoms with Gasteiger partial charge < -0.3 is 15.2 Å². The molecule has 6 N–H and O–H groups in total. The van der Waals surface area contributed by atoms with E-state index in [1.807, 2.05) is 0 Å². The number of phenols is 1. The van der Waals surface area contributed by atoms with Crippen molar-refractivity contribution in [1.29, 1.82) is 0 Å². The predicted octanol–water partition coefficient (Wildman–Crippen LogP) is 1.78. The Morgan fingerprint density at radius 2 is 1.53 bits per heavy atom. The van der Waals surface area contributed by atoms with Gasteiger partial charge in [0.2, 0.25) is 20.0 Å². The second kappa shape index (κ2) is 9.28. The highest BCUT2D eigenvalue weighted by atomic mass is 32.2. The first-order valence-corrected chi connectivity index (χ1v) is 13.4. The molecule has 36 heavy (non-hydrogen) atoms. The number of ether oxygens (including phenoxy) is 1. The maximum absolute atomic E-state index is 13.6. The molecule has 0 saturated carbocycles. The zero-order valence-corrected chi connectivity index (χ0v) is 20.5. The van der Waals surface area contributed by atoms with Crippen LogP contribution < -0.4 is 25.2 Å². The molecule has 3 aromatic rings. The molecule has 0 spiro atoms. The Hall–Kier alpha value is -3.91. The standard InChI is InChI=1S/C23H22N4O7S2/c1-34-21-10-4-9-18(22(21)28)20-13-19(26-14-5-2-7-16(11-14)35(24,30)31)23(29)27(20)15-6-3-8-17(12-15)36(25,32)33/h2-13,20,26,28H,1H3,(H2,24,30,31)(H2,25,32,33). The van der Waals surface area contributed by atoms with E-state index in [-0.39, 0.29) is 38.4 Å². The van der Waals surface area contributed by atoms with Crippen LogP contribution >= 0.6 is 0 Å². The molecule has 3 aromatic carbocycles. The van der Waals surface area contributed by atoms with Crippen LogP contribution in [-0.4, -0.2) is 35.0 Å². The number of primary sulfonamides is 2. The molecule has 1 aliphatic heterocycles. The van der Waals surface area contributed by atoms with Crippen LogP contribution in [0.25, 0.3) is 0 Å². The van der Waals surface area contributed by atoms with Crippen LogP contribution in [0.5, 0.6) is 11.5 Å². The quantitative estimate of drug-likeness (QED) is 0.356. The normalized spacial score (nSPS) is 16.1. The average molecular weight is 531 g/mol. The summed E-state index contributed by atoms with van der Waals surface area (Å²) in [5.41, 5.74) is 0.827. The zero-order chi connectivity index (χ0) is 26.3. The second-order valence-corrected chi connectivity index (χ2v) is 11.0. The Balaban J connectivity index is 1.83. The van der Waals surface area contributed by atoms with Crippen LogP contribution in [-0.2, 0) is 24.8 Å².